The minimum Gasteiger partial charge on any atom is -0.479 e. The van der Waals surface area contributed by atoms with Gasteiger partial charge in [0, 0.05) is 17.5 Å². The van der Waals surface area contributed by atoms with E-state index in [4.69, 9.17) is 13.9 Å². The van der Waals surface area contributed by atoms with Crippen LogP contribution in [0.1, 0.15) is 13.8 Å². The Morgan fingerprint density at radius 2 is 1.88 bits per heavy atom. The van der Waals surface area contributed by atoms with Crippen molar-refractivity contribution in [3.05, 3.63) is 65.0 Å². The van der Waals surface area contributed by atoms with Crippen LogP contribution in [0.2, 0.25) is 0 Å². The number of esters is 1. The van der Waals surface area contributed by atoms with Gasteiger partial charge >= 0.3 is 11.6 Å². The third kappa shape index (κ3) is 3.71. The molecule has 1 atom stereocenters. The van der Waals surface area contributed by atoms with Gasteiger partial charge < -0.3 is 13.9 Å². The van der Waals surface area contributed by atoms with Crippen molar-refractivity contribution in [3.63, 3.8) is 0 Å². The van der Waals surface area contributed by atoms with Crippen molar-refractivity contribution in [3.8, 4) is 16.9 Å². The van der Waals surface area contributed by atoms with Crippen molar-refractivity contribution in [2.24, 2.45) is 0 Å². The van der Waals surface area contributed by atoms with Crippen molar-refractivity contribution in [1.29, 1.82) is 0 Å². The predicted octanol–water partition coefficient (Wildman–Crippen LogP) is 3.79. The van der Waals surface area contributed by atoms with Crippen LogP contribution in [0.15, 0.2) is 63.8 Å². The molecule has 128 valence electrons. The molecule has 0 aliphatic carbocycles. The van der Waals surface area contributed by atoms with Gasteiger partial charge in [0.15, 0.2) is 6.10 Å². The fourth-order valence-corrected chi connectivity index (χ4v) is 2.58. The molecule has 3 rings (SSSR count). The van der Waals surface area contributed by atoms with Crippen molar-refractivity contribution in [2.75, 3.05) is 6.61 Å². The number of fused-ring (bicyclic) bond motifs is 1. The second-order valence-electron chi connectivity index (χ2n) is 5.52. The lowest BCUT2D eigenvalue weighted by Crippen LogP contribution is -2.26. The molecule has 25 heavy (non-hydrogen) atoms. The summed E-state index contributed by atoms with van der Waals surface area (Å²) in [5, 5.41) is 0.793. The lowest BCUT2D eigenvalue weighted by atomic mass is 10.0. The monoisotopic (exact) mass is 338 g/mol. The Hall–Kier alpha value is -3.08. The Morgan fingerprint density at radius 3 is 2.60 bits per heavy atom. The molecule has 1 heterocycles. The number of carbonyl (C=O) groups excluding carboxylic acids is 1. The van der Waals surface area contributed by atoms with E-state index >= 15 is 0 Å². The summed E-state index contributed by atoms with van der Waals surface area (Å²) in [6, 6.07) is 16.2. The highest BCUT2D eigenvalue weighted by Crippen LogP contribution is 2.29. The second kappa shape index (κ2) is 7.21. The van der Waals surface area contributed by atoms with Crippen molar-refractivity contribution in [2.45, 2.75) is 20.0 Å². The fraction of sp³-hybridized carbons (Fsp3) is 0.200. The average Bonchev–Trinajstić information content (AvgIpc) is 2.61. The Labute approximate surface area is 144 Å². The molecule has 0 unspecified atom stereocenters. The van der Waals surface area contributed by atoms with Crippen LogP contribution in [0, 0.1) is 0 Å². The predicted molar refractivity (Wildman–Crippen MR) is 94.6 cm³/mol. The Balaban J connectivity index is 1.99. The van der Waals surface area contributed by atoms with Crippen molar-refractivity contribution >= 4 is 16.9 Å². The summed E-state index contributed by atoms with van der Waals surface area (Å²) in [5.74, 6) is -0.0106. The highest BCUT2D eigenvalue weighted by atomic mass is 16.6. The number of rotatable bonds is 5. The standard InChI is InChI=1S/C20H18O5/c1-3-23-20(22)13(2)24-15-9-10-16-17(14-7-5-4-6-8-14)12-19(21)25-18(16)11-15/h4-13H,3H2,1-2H3/t13-/m1/s1. The Kier molecular flexibility index (Phi) is 4.84. The van der Waals surface area contributed by atoms with Crippen molar-refractivity contribution < 1.29 is 18.7 Å². The van der Waals surface area contributed by atoms with Crippen LogP contribution in [-0.4, -0.2) is 18.7 Å². The molecule has 0 amide bonds. The molecule has 0 N–H and O–H groups in total. The largest absolute Gasteiger partial charge is 0.479 e. The van der Waals surface area contributed by atoms with Crippen molar-refractivity contribution in [1.82, 2.24) is 0 Å². The number of carbonyl (C=O) groups is 1. The second-order valence-corrected chi connectivity index (χ2v) is 5.52. The van der Waals surface area contributed by atoms with Gasteiger partial charge in [-0.05, 0) is 37.1 Å². The molecule has 2 aromatic carbocycles. The molecule has 0 bridgehead atoms. The van der Waals surface area contributed by atoms with Gasteiger partial charge in [-0.2, -0.15) is 0 Å². The average molecular weight is 338 g/mol. The van der Waals surface area contributed by atoms with Crippen LogP contribution >= 0.6 is 0 Å². The minimum absolute atomic E-state index is 0.291. The molecule has 0 aliphatic heterocycles. The zero-order valence-corrected chi connectivity index (χ0v) is 14.0. The summed E-state index contributed by atoms with van der Waals surface area (Å²) < 4.78 is 15.8. The van der Waals surface area contributed by atoms with Crippen LogP contribution in [-0.2, 0) is 9.53 Å². The maximum Gasteiger partial charge on any atom is 0.347 e. The van der Waals surface area contributed by atoms with E-state index in [0.717, 1.165) is 16.5 Å². The van der Waals surface area contributed by atoms with Crippen LogP contribution < -0.4 is 10.4 Å². The van der Waals surface area contributed by atoms with E-state index in [2.05, 4.69) is 0 Å². The first-order valence-corrected chi connectivity index (χ1v) is 8.05. The first kappa shape index (κ1) is 16.8. The van der Waals surface area contributed by atoms with E-state index in [1.165, 1.54) is 6.07 Å². The molecular formula is C20H18O5. The molecule has 0 saturated heterocycles. The number of benzene rings is 2. The lowest BCUT2D eigenvalue weighted by Gasteiger charge is -2.14. The van der Waals surface area contributed by atoms with E-state index in [1.54, 1.807) is 26.0 Å². The first-order valence-electron chi connectivity index (χ1n) is 8.05. The SMILES string of the molecule is CCOC(=O)[C@@H](C)Oc1ccc2c(-c3ccccc3)cc(=O)oc2c1. The van der Waals surface area contributed by atoms with E-state index in [9.17, 15) is 9.59 Å². The zero-order chi connectivity index (χ0) is 17.8. The smallest absolute Gasteiger partial charge is 0.347 e. The quantitative estimate of drug-likeness (QED) is 0.523. The van der Waals surface area contributed by atoms with Crippen LogP contribution in [0.5, 0.6) is 5.75 Å². The molecule has 0 spiro atoms. The zero-order valence-electron chi connectivity index (χ0n) is 14.0. The molecule has 1 aromatic heterocycles. The molecule has 3 aromatic rings. The third-order valence-corrected chi connectivity index (χ3v) is 3.73. The normalized spacial score (nSPS) is 11.9. The van der Waals surface area contributed by atoms with Gasteiger partial charge in [-0.15, -0.1) is 0 Å². The summed E-state index contributed by atoms with van der Waals surface area (Å²) in [5.41, 5.74) is 1.67. The van der Waals surface area contributed by atoms with E-state index in [1.807, 2.05) is 36.4 Å². The highest BCUT2D eigenvalue weighted by Gasteiger charge is 2.16. The highest BCUT2D eigenvalue weighted by molar-refractivity contribution is 5.93. The number of hydrogen-bond acceptors (Lipinski definition) is 5. The molecule has 0 saturated carbocycles. The third-order valence-electron chi connectivity index (χ3n) is 3.73. The van der Waals surface area contributed by atoms with Crippen LogP contribution in [0.3, 0.4) is 0 Å². The summed E-state index contributed by atoms with van der Waals surface area (Å²) in [6.07, 6.45) is -0.749. The maximum absolute atomic E-state index is 11.9. The molecule has 5 nitrogen and oxygen atoms in total. The van der Waals surface area contributed by atoms with Gasteiger partial charge in [0.1, 0.15) is 11.3 Å². The Morgan fingerprint density at radius 1 is 1.12 bits per heavy atom. The summed E-state index contributed by atoms with van der Waals surface area (Å²) >= 11 is 0. The summed E-state index contributed by atoms with van der Waals surface area (Å²) in [7, 11) is 0. The number of ether oxygens (including phenoxy) is 2. The fourth-order valence-electron chi connectivity index (χ4n) is 2.58. The molecular weight excluding hydrogens is 320 g/mol. The first-order chi connectivity index (χ1) is 12.1. The van der Waals surface area contributed by atoms with Crippen LogP contribution in [0.25, 0.3) is 22.1 Å². The van der Waals surface area contributed by atoms with Gasteiger partial charge in [0.2, 0.25) is 0 Å². The summed E-state index contributed by atoms with van der Waals surface area (Å²) in [4.78, 5) is 23.6. The topological polar surface area (TPSA) is 65.7 Å². The van der Waals surface area contributed by atoms with E-state index in [-0.39, 0.29) is 0 Å². The molecule has 5 heteroatoms. The molecule has 0 fully saturated rings. The number of hydrogen-bond donors (Lipinski definition) is 0. The maximum atomic E-state index is 11.9. The van der Waals surface area contributed by atoms with Gasteiger partial charge in [0.05, 0.1) is 6.61 Å². The van der Waals surface area contributed by atoms with E-state index in [0.29, 0.717) is 17.9 Å². The van der Waals surface area contributed by atoms with Crippen LogP contribution in [0.4, 0.5) is 0 Å². The van der Waals surface area contributed by atoms with Gasteiger partial charge in [-0.1, -0.05) is 30.3 Å². The molecule has 0 aliphatic rings. The van der Waals surface area contributed by atoms with Gasteiger partial charge in [-0.25, -0.2) is 9.59 Å². The van der Waals surface area contributed by atoms with E-state index < -0.39 is 17.7 Å². The Bertz CT molecular complexity index is 943. The minimum atomic E-state index is -0.749. The summed E-state index contributed by atoms with van der Waals surface area (Å²) in [6.45, 7) is 3.64. The van der Waals surface area contributed by atoms with Gasteiger partial charge in [-0.3, -0.25) is 0 Å². The van der Waals surface area contributed by atoms with Gasteiger partial charge in [0.25, 0.3) is 0 Å². The molecule has 0 radical (unpaired) electrons. The lowest BCUT2D eigenvalue weighted by molar-refractivity contribution is -0.150.